The van der Waals surface area contributed by atoms with Gasteiger partial charge >= 0.3 is 0 Å². The van der Waals surface area contributed by atoms with Gasteiger partial charge in [0.25, 0.3) is 5.56 Å². The molecule has 2 heterocycles. The van der Waals surface area contributed by atoms with Crippen LogP contribution in [0.4, 0.5) is 0 Å². The Morgan fingerprint density at radius 1 is 1.29 bits per heavy atom. The second-order valence-electron chi connectivity index (χ2n) is 3.17. The molecular weight excluding hydrogens is 178 g/mol. The van der Waals surface area contributed by atoms with Crippen LogP contribution in [0, 0.1) is 0 Å². The van der Waals surface area contributed by atoms with E-state index >= 15 is 0 Å². The van der Waals surface area contributed by atoms with Crippen LogP contribution in [0.2, 0.25) is 0 Å². The maximum atomic E-state index is 11.9. The Labute approximate surface area is 79.5 Å². The molecule has 1 aliphatic heterocycles. The van der Waals surface area contributed by atoms with Gasteiger partial charge in [0.05, 0.1) is 17.1 Å². The van der Waals surface area contributed by atoms with Crippen LogP contribution in [-0.4, -0.2) is 15.8 Å². The van der Waals surface area contributed by atoms with E-state index in [2.05, 4.69) is 9.98 Å². The highest BCUT2D eigenvalue weighted by Gasteiger charge is 2.11. The normalized spacial score (nSPS) is 13.4. The van der Waals surface area contributed by atoms with E-state index in [1.54, 1.807) is 16.8 Å². The van der Waals surface area contributed by atoms with Crippen molar-refractivity contribution in [2.24, 2.45) is 4.99 Å². The molecule has 1 aromatic carbocycles. The molecule has 0 saturated heterocycles. The van der Waals surface area contributed by atoms with E-state index in [1.165, 1.54) is 0 Å². The number of hydrogen-bond donors (Lipinski definition) is 0. The molecule has 0 N–H and O–H groups in total. The van der Waals surface area contributed by atoms with Crippen LogP contribution in [0.5, 0.6) is 0 Å². The van der Waals surface area contributed by atoms with Gasteiger partial charge in [0.15, 0.2) is 5.82 Å². The van der Waals surface area contributed by atoms with E-state index in [-0.39, 0.29) is 5.56 Å². The van der Waals surface area contributed by atoms with Crippen molar-refractivity contribution in [3.8, 4) is 0 Å². The zero-order chi connectivity index (χ0) is 9.54. The molecule has 0 aliphatic carbocycles. The van der Waals surface area contributed by atoms with Gasteiger partial charge in [-0.2, -0.15) is 0 Å². The van der Waals surface area contributed by atoms with Crippen LogP contribution in [0.1, 0.15) is 5.82 Å². The molecule has 68 valence electrons. The summed E-state index contributed by atoms with van der Waals surface area (Å²) in [6, 6.07) is 7.34. The molecular formula is C10H7N3O. The monoisotopic (exact) mass is 185 g/mol. The topological polar surface area (TPSA) is 47.2 Å². The van der Waals surface area contributed by atoms with E-state index in [1.807, 2.05) is 18.2 Å². The highest BCUT2D eigenvalue weighted by molar-refractivity contribution is 5.83. The third-order valence-electron chi connectivity index (χ3n) is 2.32. The van der Waals surface area contributed by atoms with Crippen molar-refractivity contribution in [2.75, 3.05) is 0 Å². The Morgan fingerprint density at radius 3 is 3.07 bits per heavy atom. The summed E-state index contributed by atoms with van der Waals surface area (Å²) in [5, 5.41) is 0.654. The van der Waals surface area contributed by atoms with Gasteiger partial charge in [0.2, 0.25) is 0 Å². The summed E-state index contributed by atoms with van der Waals surface area (Å²) in [5.41, 5.74) is 0.722. The molecule has 14 heavy (non-hydrogen) atoms. The lowest BCUT2D eigenvalue weighted by atomic mass is 10.2. The molecule has 1 aromatic heterocycles. The number of aromatic nitrogens is 2. The summed E-state index contributed by atoms with van der Waals surface area (Å²) in [6.45, 7) is 0.395. The van der Waals surface area contributed by atoms with Gasteiger partial charge in [0, 0.05) is 0 Å². The summed E-state index contributed by atoms with van der Waals surface area (Å²) in [4.78, 5) is 20.2. The van der Waals surface area contributed by atoms with Crippen LogP contribution >= 0.6 is 0 Å². The van der Waals surface area contributed by atoms with Crippen molar-refractivity contribution in [1.82, 2.24) is 9.55 Å². The Balaban J connectivity index is 2.54. The fraction of sp³-hybridized carbons (Fsp3) is 0.100. The highest BCUT2D eigenvalue weighted by Crippen LogP contribution is 2.08. The third kappa shape index (κ3) is 0.849. The van der Waals surface area contributed by atoms with Crippen molar-refractivity contribution in [3.63, 3.8) is 0 Å². The molecule has 4 heteroatoms. The zero-order valence-corrected chi connectivity index (χ0v) is 7.34. The SMILES string of the molecule is O=c1c2ccccc2nc2n1CN=C2. The molecule has 0 spiro atoms. The molecule has 0 fully saturated rings. The van der Waals surface area contributed by atoms with Crippen LogP contribution in [0.15, 0.2) is 34.1 Å². The minimum Gasteiger partial charge on any atom is -0.271 e. The number of fused-ring (bicyclic) bond motifs is 2. The number of para-hydroxylation sites is 1. The maximum Gasteiger partial charge on any atom is 0.263 e. The quantitative estimate of drug-likeness (QED) is 0.609. The predicted molar refractivity (Wildman–Crippen MR) is 53.6 cm³/mol. The number of aliphatic imine (C=N–C) groups is 1. The summed E-state index contributed by atoms with van der Waals surface area (Å²) in [7, 11) is 0. The van der Waals surface area contributed by atoms with Crippen LogP contribution in [-0.2, 0) is 6.67 Å². The lowest BCUT2D eigenvalue weighted by Crippen LogP contribution is -2.21. The summed E-state index contributed by atoms with van der Waals surface area (Å²) < 4.78 is 1.57. The van der Waals surface area contributed by atoms with Gasteiger partial charge in [-0.25, -0.2) is 4.98 Å². The van der Waals surface area contributed by atoms with Crippen molar-refractivity contribution >= 4 is 17.1 Å². The van der Waals surface area contributed by atoms with Crippen LogP contribution in [0.3, 0.4) is 0 Å². The van der Waals surface area contributed by atoms with E-state index in [9.17, 15) is 4.79 Å². The first kappa shape index (κ1) is 7.44. The minimum absolute atomic E-state index is 0.0110. The Bertz CT molecular complexity index is 598. The van der Waals surface area contributed by atoms with E-state index in [4.69, 9.17) is 0 Å². The van der Waals surface area contributed by atoms with Crippen molar-refractivity contribution < 1.29 is 0 Å². The molecule has 0 saturated carbocycles. The minimum atomic E-state index is -0.0110. The molecule has 1 aliphatic rings. The van der Waals surface area contributed by atoms with Gasteiger partial charge in [0.1, 0.15) is 6.67 Å². The van der Waals surface area contributed by atoms with Gasteiger partial charge in [-0.1, -0.05) is 12.1 Å². The lowest BCUT2D eigenvalue weighted by molar-refractivity contribution is 0.720. The molecule has 0 bridgehead atoms. The van der Waals surface area contributed by atoms with Crippen molar-refractivity contribution in [1.29, 1.82) is 0 Å². The predicted octanol–water partition coefficient (Wildman–Crippen LogP) is 0.786. The summed E-state index contributed by atoms with van der Waals surface area (Å²) in [6.07, 6.45) is 1.63. The first-order valence-corrected chi connectivity index (χ1v) is 4.36. The Morgan fingerprint density at radius 2 is 2.14 bits per heavy atom. The number of nitrogens with zero attached hydrogens (tertiary/aromatic N) is 3. The number of benzene rings is 1. The van der Waals surface area contributed by atoms with Crippen LogP contribution < -0.4 is 5.56 Å². The zero-order valence-electron chi connectivity index (χ0n) is 7.34. The molecule has 0 atom stereocenters. The lowest BCUT2D eigenvalue weighted by Gasteiger charge is -2.02. The molecule has 0 unspecified atom stereocenters. The fourth-order valence-electron chi connectivity index (χ4n) is 1.62. The first-order valence-electron chi connectivity index (χ1n) is 4.36. The first-order chi connectivity index (χ1) is 6.86. The highest BCUT2D eigenvalue weighted by atomic mass is 16.1. The molecule has 0 radical (unpaired) electrons. The van der Waals surface area contributed by atoms with Crippen molar-refractivity contribution in [3.05, 3.63) is 40.4 Å². The largest absolute Gasteiger partial charge is 0.271 e. The van der Waals surface area contributed by atoms with Gasteiger partial charge in [-0.05, 0) is 12.1 Å². The van der Waals surface area contributed by atoms with E-state index in [0.717, 1.165) is 5.52 Å². The second kappa shape index (κ2) is 2.51. The summed E-state index contributed by atoms with van der Waals surface area (Å²) >= 11 is 0. The second-order valence-corrected chi connectivity index (χ2v) is 3.17. The van der Waals surface area contributed by atoms with Gasteiger partial charge in [-0.15, -0.1) is 0 Å². The molecule has 2 aromatic rings. The third-order valence-corrected chi connectivity index (χ3v) is 2.32. The molecule has 4 nitrogen and oxygen atoms in total. The average Bonchev–Trinajstić information content (AvgIpc) is 2.66. The smallest absolute Gasteiger partial charge is 0.263 e. The molecule has 0 amide bonds. The van der Waals surface area contributed by atoms with E-state index in [0.29, 0.717) is 17.9 Å². The average molecular weight is 185 g/mol. The Kier molecular flexibility index (Phi) is 1.33. The van der Waals surface area contributed by atoms with E-state index < -0.39 is 0 Å². The van der Waals surface area contributed by atoms with Crippen molar-refractivity contribution in [2.45, 2.75) is 6.67 Å². The molecule has 3 rings (SSSR count). The summed E-state index contributed by atoms with van der Waals surface area (Å²) in [5.74, 6) is 0.647. The Hall–Kier alpha value is -1.97. The van der Waals surface area contributed by atoms with Gasteiger partial charge < -0.3 is 0 Å². The number of hydrogen-bond acceptors (Lipinski definition) is 3. The fourth-order valence-corrected chi connectivity index (χ4v) is 1.62. The van der Waals surface area contributed by atoms with Crippen LogP contribution in [0.25, 0.3) is 10.9 Å². The number of rotatable bonds is 0. The van der Waals surface area contributed by atoms with Gasteiger partial charge in [-0.3, -0.25) is 14.4 Å². The standard InChI is InChI=1S/C10H7N3O/c14-10-7-3-1-2-4-8(7)12-9-5-11-6-13(9)10/h1-5H,6H2. The maximum absolute atomic E-state index is 11.9.